The fraction of sp³-hybridized carbons (Fsp3) is 0.120. The second-order valence-corrected chi connectivity index (χ2v) is 6.57. The minimum Gasteiger partial charge on any atom is -0.482 e. The maximum Gasteiger partial charge on any atom is 0.418 e. The molecule has 3 rings (SSSR count). The number of nitrogens with zero attached hydrogens (tertiary/aromatic N) is 1. The van der Waals surface area contributed by atoms with Crippen molar-refractivity contribution in [3.05, 3.63) is 96.6 Å². The summed E-state index contributed by atoms with van der Waals surface area (Å²) in [6, 6.07) is 25.8. The summed E-state index contributed by atoms with van der Waals surface area (Å²) >= 11 is 0. The van der Waals surface area contributed by atoms with Gasteiger partial charge in [-0.05, 0) is 48.4 Å². The van der Waals surface area contributed by atoms with Gasteiger partial charge in [-0.1, -0.05) is 60.7 Å². The van der Waals surface area contributed by atoms with Crippen LogP contribution < -0.4 is 9.64 Å². The average Bonchev–Trinajstić information content (AvgIpc) is 2.79. The highest BCUT2D eigenvalue weighted by Crippen LogP contribution is 2.25. The Morgan fingerprint density at radius 1 is 0.871 bits per heavy atom. The van der Waals surface area contributed by atoms with Gasteiger partial charge in [-0.2, -0.15) is 0 Å². The first-order valence-electron chi connectivity index (χ1n) is 9.81. The Balaban J connectivity index is 1.56. The number of benzene rings is 3. The molecule has 0 atom stereocenters. The molecular formula is C25H23NO5. The summed E-state index contributed by atoms with van der Waals surface area (Å²) in [5, 5.41) is 8.69. The molecule has 1 N–H and O–H groups in total. The molecule has 31 heavy (non-hydrogen) atoms. The van der Waals surface area contributed by atoms with E-state index in [-0.39, 0.29) is 13.2 Å². The monoisotopic (exact) mass is 417 g/mol. The Bertz CT molecular complexity index is 979. The molecule has 0 spiro atoms. The third-order valence-corrected chi connectivity index (χ3v) is 4.25. The van der Waals surface area contributed by atoms with Crippen LogP contribution in [0.25, 0.3) is 6.08 Å². The van der Waals surface area contributed by atoms with Gasteiger partial charge in [-0.3, -0.25) is 0 Å². The SMILES string of the molecule is O=C(O)COc1cccc(C=CCCOC(=O)N(c2ccccc2)c2ccccc2)c1. The van der Waals surface area contributed by atoms with Crippen LogP contribution in [0.3, 0.4) is 0 Å². The molecule has 0 fully saturated rings. The summed E-state index contributed by atoms with van der Waals surface area (Å²) in [6.07, 6.45) is 3.84. The molecule has 0 aliphatic heterocycles. The molecule has 3 aromatic carbocycles. The van der Waals surface area contributed by atoms with Crippen molar-refractivity contribution in [3.63, 3.8) is 0 Å². The summed E-state index contributed by atoms with van der Waals surface area (Å²) in [7, 11) is 0. The smallest absolute Gasteiger partial charge is 0.418 e. The topological polar surface area (TPSA) is 76.1 Å². The number of carbonyl (C=O) groups is 2. The Morgan fingerprint density at radius 3 is 2.13 bits per heavy atom. The number of ether oxygens (including phenoxy) is 2. The molecule has 3 aromatic rings. The van der Waals surface area contributed by atoms with E-state index in [9.17, 15) is 9.59 Å². The van der Waals surface area contributed by atoms with Crippen LogP contribution in [0.1, 0.15) is 12.0 Å². The van der Waals surface area contributed by atoms with Crippen LogP contribution in [0, 0.1) is 0 Å². The maximum absolute atomic E-state index is 12.8. The number of hydrogen-bond acceptors (Lipinski definition) is 4. The van der Waals surface area contributed by atoms with Crippen LogP contribution in [0.15, 0.2) is 91.0 Å². The van der Waals surface area contributed by atoms with E-state index >= 15 is 0 Å². The molecule has 0 unspecified atom stereocenters. The molecule has 0 aromatic heterocycles. The van der Waals surface area contributed by atoms with Gasteiger partial charge in [0, 0.05) is 0 Å². The molecule has 0 aliphatic rings. The van der Waals surface area contributed by atoms with Crippen molar-refractivity contribution in [2.75, 3.05) is 18.1 Å². The van der Waals surface area contributed by atoms with Gasteiger partial charge in [-0.15, -0.1) is 0 Å². The highest BCUT2D eigenvalue weighted by atomic mass is 16.6. The van der Waals surface area contributed by atoms with Gasteiger partial charge in [0.1, 0.15) is 5.75 Å². The lowest BCUT2D eigenvalue weighted by atomic mass is 10.2. The van der Waals surface area contributed by atoms with E-state index in [2.05, 4.69) is 0 Å². The van der Waals surface area contributed by atoms with E-state index in [0.29, 0.717) is 12.2 Å². The number of para-hydroxylation sites is 2. The lowest BCUT2D eigenvalue weighted by Crippen LogP contribution is -2.27. The van der Waals surface area contributed by atoms with Crippen molar-refractivity contribution in [1.29, 1.82) is 0 Å². The summed E-state index contributed by atoms with van der Waals surface area (Å²) < 4.78 is 10.7. The molecule has 0 aliphatic carbocycles. The normalized spacial score (nSPS) is 10.6. The standard InChI is InChI=1S/C25H23NO5/c27-24(28)19-31-23-16-9-11-20(18-23)10-7-8-17-30-25(29)26(21-12-3-1-4-13-21)22-14-5-2-6-15-22/h1-7,9-16,18H,8,17,19H2,(H,27,28). The number of carbonyl (C=O) groups excluding carboxylic acids is 1. The van der Waals surface area contributed by atoms with Crippen molar-refractivity contribution in [3.8, 4) is 5.75 Å². The Morgan fingerprint density at radius 2 is 1.52 bits per heavy atom. The first-order chi connectivity index (χ1) is 15.1. The number of aliphatic carboxylic acids is 1. The number of amides is 1. The Hall–Kier alpha value is -4.06. The number of anilines is 2. The van der Waals surface area contributed by atoms with Gasteiger partial charge in [-0.25, -0.2) is 14.5 Å². The minimum absolute atomic E-state index is 0.223. The summed E-state index contributed by atoms with van der Waals surface area (Å²) in [5.74, 6) is -0.542. The highest BCUT2D eigenvalue weighted by Gasteiger charge is 2.18. The Kier molecular flexibility index (Phi) is 7.83. The molecule has 158 valence electrons. The number of hydrogen-bond donors (Lipinski definition) is 1. The summed E-state index contributed by atoms with van der Waals surface area (Å²) in [5.41, 5.74) is 2.32. The van der Waals surface area contributed by atoms with Crippen molar-refractivity contribution in [2.45, 2.75) is 6.42 Å². The van der Waals surface area contributed by atoms with Crippen molar-refractivity contribution < 1.29 is 24.2 Å². The first kappa shape index (κ1) is 21.6. The molecule has 0 saturated carbocycles. The zero-order valence-electron chi connectivity index (χ0n) is 16.9. The number of rotatable bonds is 9. The molecule has 1 amide bonds. The zero-order valence-corrected chi connectivity index (χ0v) is 16.9. The largest absolute Gasteiger partial charge is 0.482 e. The predicted molar refractivity (Wildman–Crippen MR) is 120 cm³/mol. The Labute approximate surface area is 181 Å². The van der Waals surface area contributed by atoms with Gasteiger partial charge < -0.3 is 14.6 Å². The maximum atomic E-state index is 12.8. The second-order valence-electron chi connectivity index (χ2n) is 6.57. The first-order valence-corrected chi connectivity index (χ1v) is 9.81. The average molecular weight is 417 g/mol. The van der Waals surface area contributed by atoms with E-state index in [1.54, 1.807) is 18.2 Å². The predicted octanol–water partition coefficient (Wildman–Crippen LogP) is 5.53. The number of carboxylic acid groups (broad SMARTS) is 1. The molecule has 6 nitrogen and oxygen atoms in total. The third-order valence-electron chi connectivity index (χ3n) is 4.25. The molecular weight excluding hydrogens is 394 g/mol. The van der Waals surface area contributed by atoms with Crippen LogP contribution in [0.4, 0.5) is 16.2 Å². The van der Waals surface area contributed by atoms with Crippen LogP contribution >= 0.6 is 0 Å². The van der Waals surface area contributed by atoms with Gasteiger partial charge >= 0.3 is 12.1 Å². The lowest BCUT2D eigenvalue weighted by Gasteiger charge is -2.22. The zero-order chi connectivity index (χ0) is 21.9. The van der Waals surface area contributed by atoms with Crippen LogP contribution in [0.5, 0.6) is 5.75 Å². The lowest BCUT2D eigenvalue weighted by molar-refractivity contribution is -0.139. The van der Waals surface area contributed by atoms with Crippen LogP contribution in [-0.4, -0.2) is 30.4 Å². The van der Waals surface area contributed by atoms with E-state index in [1.165, 1.54) is 4.90 Å². The van der Waals surface area contributed by atoms with Crippen LogP contribution in [-0.2, 0) is 9.53 Å². The van der Waals surface area contributed by atoms with E-state index in [1.807, 2.05) is 78.9 Å². The van der Waals surface area contributed by atoms with Crippen molar-refractivity contribution in [1.82, 2.24) is 0 Å². The molecule has 6 heteroatoms. The van der Waals surface area contributed by atoms with Gasteiger partial charge in [0.25, 0.3) is 0 Å². The fourth-order valence-electron chi connectivity index (χ4n) is 2.87. The molecule has 0 bridgehead atoms. The quantitative estimate of drug-likeness (QED) is 0.464. The van der Waals surface area contributed by atoms with Crippen molar-refractivity contribution >= 4 is 29.5 Å². The molecule has 0 radical (unpaired) electrons. The highest BCUT2D eigenvalue weighted by molar-refractivity contribution is 5.95. The molecule has 0 heterocycles. The van der Waals surface area contributed by atoms with E-state index < -0.39 is 12.1 Å². The van der Waals surface area contributed by atoms with E-state index in [0.717, 1.165) is 16.9 Å². The third kappa shape index (κ3) is 6.75. The van der Waals surface area contributed by atoms with Crippen LogP contribution in [0.2, 0.25) is 0 Å². The summed E-state index contributed by atoms with van der Waals surface area (Å²) in [4.78, 5) is 24.9. The summed E-state index contributed by atoms with van der Waals surface area (Å²) in [6.45, 7) is -0.164. The number of carboxylic acids is 1. The van der Waals surface area contributed by atoms with Crippen molar-refractivity contribution in [2.24, 2.45) is 0 Å². The second kappa shape index (κ2) is 11.2. The molecule has 0 saturated heterocycles. The van der Waals surface area contributed by atoms with Gasteiger partial charge in [0.05, 0.1) is 18.0 Å². The minimum atomic E-state index is -1.03. The van der Waals surface area contributed by atoms with E-state index in [4.69, 9.17) is 14.6 Å². The fourth-order valence-corrected chi connectivity index (χ4v) is 2.87. The van der Waals surface area contributed by atoms with Gasteiger partial charge in [0.15, 0.2) is 6.61 Å². The van der Waals surface area contributed by atoms with Gasteiger partial charge in [0.2, 0.25) is 0 Å².